The SMILES string of the molecule is Cn1nc([C@@H]2CCCNC2)c2nccnc21. The zero-order chi connectivity index (χ0) is 11.0. The van der Waals surface area contributed by atoms with Crippen LogP contribution in [0.25, 0.3) is 11.2 Å². The van der Waals surface area contributed by atoms with E-state index in [4.69, 9.17) is 0 Å². The number of nitrogens with zero attached hydrogens (tertiary/aromatic N) is 4. The van der Waals surface area contributed by atoms with Gasteiger partial charge in [-0.3, -0.25) is 0 Å². The lowest BCUT2D eigenvalue weighted by Gasteiger charge is -2.20. The molecule has 1 aliphatic heterocycles. The molecule has 1 N–H and O–H groups in total. The Hall–Kier alpha value is -1.49. The Morgan fingerprint density at radius 3 is 3.06 bits per heavy atom. The number of aromatic nitrogens is 4. The molecule has 0 unspecified atom stereocenters. The van der Waals surface area contributed by atoms with E-state index < -0.39 is 0 Å². The van der Waals surface area contributed by atoms with Crippen molar-refractivity contribution in [3.05, 3.63) is 18.1 Å². The highest BCUT2D eigenvalue weighted by molar-refractivity contribution is 5.73. The van der Waals surface area contributed by atoms with Gasteiger partial charge in [-0.1, -0.05) is 0 Å². The van der Waals surface area contributed by atoms with Crippen molar-refractivity contribution in [1.82, 2.24) is 25.1 Å². The van der Waals surface area contributed by atoms with Crippen LogP contribution in [0.3, 0.4) is 0 Å². The molecule has 16 heavy (non-hydrogen) atoms. The summed E-state index contributed by atoms with van der Waals surface area (Å²) >= 11 is 0. The summed E-state index contributed by atoms with van der Waals surface area (Å²) in [4.78, 5) is 8.72. The first-order valence-corrected chi connectivity index (χ1v) is 5.70. The minimum absolute atomic E-state index is 0.481. The second-order valence-electron chi connectivity index (χ2n) is 4.28. The fourth-order valence-electron chi connectivity index (χ4n) is 2.36. The quantitative estimate of drug-likeness (QED) is 0.768. The van der Waals surface area contributed by atoms with E-state index in [-0.39, 0.29) is 0 Å². The second-order valence-corrected chi connectivity index (χ2v) is 4.28. The van der Waals surface area contributed by atoms with Crippen molar-refractivity contribution in [2.24, 2.45) is 7.05 Å². The maximum absolute atomic E-state index is 4.57. The molecule has 3 heterocycles. The van der Waals surface area contributed by atoms with Gasteiger partial charge in [-0.15, -0.1) is 0 Å². The molecule has 0 aliphatic carbocycles. The first kappa shape index (κ1) is 9.72. The molecule has 3 rings (SSSR count). The van der Waals surface area contributed by atoms with Gasteiger partial charge in [-0.05, 0) is 19.4 Å². The molecule has 1 aliphatic rings. The molecule has 1 saturated heterocycles. The highest BCUT2D eigenvalue weighted by atomic mass is 15.3. The second kappa shape index (κ2) is 3.83. The predicted octanol–water partition coefficient (Wildman–Crippen LogP) is 0.830. The molecule has 1 atom stereocenters. The van der Waals surface area contributed by atoms with Gasteiger partial charge in [-0.2, -0.15) is 5.10 Å². The molecule has 2 aromatic rings. The van der Waals surface area contributed by atoms with Crippen molar-refractivity contribution in [1.29, 1.82) is 0 Å². The molecule has 0 amide bonds. The van der Waals surface area contributed by atoms with E-state index in [1.807, 2.05) is 11.7 Å². The van der Waals surface area contributed by atoms with Crippen molar-refractivity contribution < 1.29 is 0 Å². The molecule has 84 valence electrons. The first-order chi connectivity index (χ1) is 7.86. The van der Waals surface area contributed by atoms with E-state index in [1.54, 1.807) is 12.4 Å². The van der Waals surface area contributed by atoms with Crippen molar-refractivity contribution in [3.8, 4) is 0 Å². The van der Waals surface area contributed by atoms with Gasteiger partial charge in [-0.25, -0.2) is 14.6 Å². The third-order valence-corrected chi connectivity index (χ3v) is 3.17. The molecular weight excluding hydrogens is 202 g/mol. The van der Waals surface area contributed by atoms with Crippen LogP contribution < -0.4 is 5.32 Å². The van der Waals surface area contributed by atoms with E-state index in [9.17, 15) is 0 Å². The van der Waals surface area contributed by atoms with Gasteiger partial charge in [0, 0.05) is 31.9 Å². The monoisotopic (exact) mass is 217 g/mol. The summed E-state index contributed by atoms with van der Waals surface area (Å²) in [5.74, 6) is 0.481. The van der Waals surface area contributed by atoms with Crippen LogP contribution in [0.1, 0.15) is 24.5 Å². The third kappa shape index (κ3) is 1.48. The molecular formula is C11H15N5. The number of nitrogens with one attached hydrogen (secondary N) is 1. The molecule has 2 aromatic heterocycles. The zero-order valence-corrected chi connectivity index (χ0v) is 9.35. The Kier molecular flexibility index (Phi) is 2.32. The minimum atomic E-state index is 0.481. The summed E-state index contributed by atoms with van der Waals surface area (Å²) in [6.45, 7) is 2.12. The van der Waals surface area contributed by atoms with Gasteiger partial charge >= 0.3 is 0 Å². The van der Waals surface area contributed by atoms with Crippen LogP contribution in [0.4, 0.5) is 0 Å². The average molecular weight is 217 g/mol. The van der Waals surface area contributed by atoms with Gasteiger partial charge in [0.25, 0.3) is 0 Å². The molecule has 0 aromatic carbocycles. The van der Waals surface area contributed by atoms with E-state index in [0.29, 0.717) is 5.92 Å². The molecule has 0 saturated carbocycles. The highest BCUT2D eigenvalue weighted by Crippen LogP contribution is 2.26. The summed E-state index contributed by atoms with van der Waals surface area (Å²) < 4.78 is 1.83. The number of rotatable bonds is 1. The van der Waals surface area contributed by atoms with Crippen LogP contribution in [0, 0.1) is 0 Å². The first-order valence-electron chi connectivity index (χ1n) is 5.70. The molecule has 0 radical (unpaired) electrons. The van der Waals surface area contributed by atoms with Crippen LogP contribution in [-0.2, 0) is 7.05 Å². The van der Waals surface area contributed by atoms with Crippen molar-refractivity contribution in [2.75, 3.05) is 13.1 Å². The summed E-state index contributed by atoms with van der Waals surface area (Å²) in [6.07, 6.45) is 5.86. The lowest BCUT2D eigenvalue weighted by molar-refractivity contribution is 0.453. The normalized spacial score (nSPS) is 21.4. The van der Waals surface area contributed by atoms with Gasteiger partial charge in [0.05, 0.1) is 5.69 Å². The third-order valence-electron chi connectivity index (χ3n) is 3.17. The smallest absolute Gasteiger partial charge is 0.176 e. The van der Waals surface area contributed by atoms with Gasteiger partial charge in [0.1, 0.15) is 5.52 Å². The standard InChI is InChI=1S/C11H15N5/c1-16-11-10(13-5-6-14-11)9(15-16)8-3-2-4-12-7-8/h5-6,8,12H,2-4,7H2,1H3/t8-/m1/s1. The van der Waals surface area contributed by atoms with Crippen molar-refractivity contribution in [2.45, 2.75) is 18.8 Å². The summed E-state index contributed by atoms with van der Waals surface area (Å²) in [5.41, 5.74) is 2.93. The van der Waals surface area contributed by atoms with Crippen LogP contribution in [0.5, 0.6) is 0 Å². The van der Waals surface area contributed by atoms with Gasteiger partial charge in [0.2, 0.25) is 0 Å². The lowest BCUT2D eigenvalue weighted by atomic mass is 9.96. The van der Waals surface area contributed by atoms with Crippen molar-refractivity contribution in [3.63, 3.8) is 0 Å². The Bertz CT molecular complexity index is 498. The van der Waals surface area contributed by atoms with Gasteiger partial charge in [0.15, 0.2) is 5.65 Å². The zero-order valence-electron chi connectivity index (χ0n) is 9.35. The van der Waals surface area contributed by atoms with E-state index in [0.717, 1.165) is 29.9 Å². The van der Waals surface area contributed by atoms with E-state index in [2.05, 4.69) is 20.4 Å². The topological polar surface area (TPSA) is 55.6 Å². The fourth-order valence-corrected chi connectivity index (χ4v) is 2.36. The maximum Gasteiger partial charge on any atom is 0.176 e. The maximum atomic E-state index is 4.57. The van der Waals surface area contributed by atoms with Crippen LogP contribution in [0.15, 0.2) is 12.4 Å². The Labute approximate surface area is 93.9 Å². The number of hydrogen-bond acceptors (Lipinski definition) is 4. The molecule has 5 heteroatoms. The van der Waals surface area contributed by atoms with Crippen LogP contribution in [0.2, 0.25) is 0 Å². The Balaban J connectivity index is 2.08. The Morgan fingerprint density at radius 1 is 1.38 bits per heavy atom. The number of fused-ring (bicyclic) bond motifs is 1. The highest BCUT2D eigenvalue weighted by Gasteiger charge is 2.22. The average Bonchev–Trinajstić information content (AvgIpc) is 2.69. The minimum Gasteiger partial charge on any atom is -0.316 e. The fraction of sp³-hybridized carbons (Fsp3) is 0.545. The van der Waals surface area contributed by atoms with Crippen molar-refractivity contribution >= 4 is 11.2 Å². The molecule has 0 spiro atoms. The number of hydrogen-bond donors (Lipinski definition) is 1. The lowest BCUT2D eigenvalue weighted by Crippen LogP contribution is -2.28. The van der Waals surface area contributed by atoms with Crippen LogP contribution >= 0.6 is 0 Å². The summed E-state index contributed by atoms with van der Waals surface area (Å²) in [6, 6.07) is 0. The largest absolute Gasteiger partial charge is 0.316 e. The number of piperidine rings is 1. The number of aryl methyl sites for hydroxylation is 1. The van der Waals surface area contributed by atoms with Crippen LogP contribution in [-0.4, -0.2) is 32.8 Å². The predicted molar refractivity (Wildman–Crippen MR) is 61.1 cm³/mol. The molecule has 0 bridgehead atoms. The van der Waals surface area contributed by atoms with E-state index >= 15 is 0 Å². The summed E-state index contributed by atoms with van der Waals surface area (Å²) in [7, 11) is 1.93. The van der Waals surface area contributed by atoms with E-state index in [1.165, 1.54) is 12.8 Å². The Morgan fingerprint density at radius 2 is 2.25 bits per heavy atom. The van der Waals surface area contributed by atoms with Gasteiger partial charge < -0.3 is 5.32 Å². The molecule has 5 nitrogen and oxygen atoms in total. The summed E-state index contributed by atoms with van der Waals surface area (Å²) in [5, 5.41) is 7.97. The molecule has 1 fully saturated rings.